The van der Waals surface area contributed by atoms with Gasteiger partial charge in [0.15, 0.2) is 5.82 Å². The molecule has 1 aliphatic carbocycles. The van der Waals surface area contributed by atoms with Gasteiger partial charge in [-0.2, -0.15) is 0 Å². The molecule has 3 rings (SSSR count). The van der Waals surface area contributed by atoms with Crippen molar-refractivity contribution < 1.29 is 4.79 Å². The Morgan fingerprint density at radius 2 is 1.82 bits per heavy atom. The number of carbonyl (C=O) groups is 1. The first-order chi connectivity index (χ1) is 13.2. The van der Waals surface area contributed by atoms with Crippen molar-refractivity contribution in [3.8, 4) is 11.4 Å². The number of nitrogen functional groups attached to an aromatic ring is 1. The maximum Gasteiger partial charge on any atom is 0.230 e. The van der Waals surface area contributed by atoms with Gasteiger partial charge in [-0.25, -0.2) is 4.68 Å². The Balaban J connectivity index is 1.58. The minimum Gasteiger partial charge on any atom is -0.353 e. The van der Waals surface area contributed by atoms with Gasteiger partial charge in [0, 0.05) is 11.6 Å². The Kier molecular flexibility index (Phi) is 6.33. The van der Waals surface area contributed by atoms with E-state index in [9.17, 15) is 4.79 Å². The van der Waals surface area contributed by atoms with Crippen LogP contribution < -0.4 is 11.2 Å². The average Bonchev–Trinajstić information content (AvgIpc) is 3.02. The van der Waals surface area contributed by atoms with Crippen molar-refractivity contribution in [1.82, 2.24) is 20.2 Å². The highest BCUT2D eigenvalue weighted by molar-refractivity contribution is 7.99. The molecule has 0 aliphatic heterocycles. The molecule has 1 aliphatic rings. The van der Waals surface area contributed by atoms with Gasteiger partial charge in [-0.05, 0) is 42.6 Å². The van der Waals surface area contributed by atoms with Gasteiger partial charge >= 0.3 is 0 Å². The average molecular weight is 402 g/mol. The molecule has 1 aromatic heterocycles. The molecular formula is C21H31N5OS. The summed E-state index contributed by atoms with van der Waals surface area (Å²) in [5, 5.41) is 12.1. The first kappa shape index (κ1) is 20.7. The quantitative estimate of drug-likeness (QED) is 0.589. The fourth-order valence-corrected chi connectivity index (χ4v) is 4.16. The summed E-state index contributed by atoms with van der Waals surface area (Å²) < 4.78 is 1.46. The second-order valence-electron chi connectivity index (χ2n) is 8.82. The molecule has 152 valence electrons. The van der Waals surface area contributed by atoms with Crippen molar-refractivity contribution >= 4 is 17.7 Å². The standard InChI is InChI=1S/C21H31N5OS/c1-14-5-11-17(12-6-14)23-18(27)13-28-20-25-24-19(26(20)22)15-7-9-16(10-8-15)21(2,3)4/h7-10,14,17H,5-6,11-13,22H2,1-4H3,(H,23,27). The molecule has 7 heteroatoms. The molecule has 0 bridgehead atoms. The van der Waals surface area contributed by atoms with E-state index in [1.807, 2.05) is 12.1 Å². The highest BCUT2D eigenvalue weighted by Crippen LogP contribution is 2.27. The zero-order valence-electron chi connectivity index (χ0n) is 17.2. The number of hydrogen-bond donors (Lipinski definition) is 2. The van der Waals surface area contributed by atoms with Crippen molar-refractivity contribution in [1.29, 1.82) is 0 Å². The Morgan fingerprint density at radius 3 is 2.43 bits per heavy atom. The van der Waals surface area contributed by atoms with Crippen LogP contribution in [0.15, 0.2) is 29.4 Å². The zero-order valence-corrected chi connectivity index (χ0v) is 18.1. The van der Waals surface area contributed by atoms with Crippen molar-refractivity contribution in [2.75, 3.05) is 11.6 Å². The molecule has 3 N–H and O–H groups in total. The van der Waals surface area contributed by atoms with Crippen LogP contribution in [0.4, 0.5) is 0 Å². The summed E-state index contributed by atoms with van der Waals surface area (Å²) in [6.07, 6.45) is 4.51. The topological polar surface area (TPSA) is 85.8 Å². The van der Waals surface area contributed by atoms with Crippen LogP contribution in [0.25, 0.3) is 11.4 Å². The highest BCUT2D eigenvalue weighted by Gasteiger charge is 2.21. The second kappa shape index (κ2) is 8.55. The number of carbonyl (C=O) groups excluding carboxylic acids is 1. The molecule has 1 fully saturated rings. The van der Waals surface area contributed by atoms with E-state index in [1.165, 1.54) is 34.8 Å². The van der Waals surface area contributed by atoms with E-state index in [1.54, 1.807) is 0 Å². The number of rotatable bonds is 5. The molecule has 1 aromatic carbocycles. The Morgan fingerprint density at radius 1 is 1.18 bits per heavy atom. The number of benzene rings is 1. The van der Waals surface area contributed by atoms with Crippen LogP contribution in [-0.4, -0.2) is 32.6 Å². The normalized spacial score (nSPS) is 20.1. The number of hydrogen-bond acceptors (Lipinski definition) is 5. The van der Waals surface area contributed by atoms with Crippen LogP contribution in [0.2, 0.25) is 0 Å². The summed E-state index contributed by atoms with van der Waals surface area (Å²) >= 11 is 1.32. The maximum atomic E-state index is 12.3. The van der Waals surface area contributed by atoms with Gasteiger partial charge in [-0.3, -0.25) is 4.79 Å². The Labute approximate surface area is 171 Å². The Bertz CT molecular complexity index is 801. The third-order valence-corrected chi connectivity index (χ3v) is 6.33. The number of nitrogens with zero attached hydrogens (tertiary/aromatic N) is 3. The van der Waals surface area contributed by atoms with E-state index >= 15 is 0 Å². The number of aromatic nitrogens is 3. The zero-order chi connectivity index (χ0) is 20.3. The van der Waals surface area contributed by atoms with Gasteiger partial charge < -0.3 is 11.2 Å². The minimum absolute atomic E-state index is 0.0311. The van der Waals surface area contributed by atoms with Gasteiger partial charge in [0.05, 0.1) is 5.75 Å². The summed E-state index contributed by atoms with van der Waals surface area (Å²) in [5.74, 6) is 7.89. The Hall–Kier alpha value is -2.02. The summed E-state index contributed by atoms with van der Waals surface area (Å²) in [4.78, 5) is 12.3. The van der Waals surface area contributed by atoms with Gasteiger partial charge in [0.25, 0.3) is 0 Å². The van der Waals surface area contributed by atoms with Crippen LogP contribution in [-0.2, 0) is 10.2 Å². The van der Waals surface area contributed by atoms with E-state index in [4.69, 9.17) is 5.84 Å². The first-order valence-electron chi connectivity index (χ1n) is 9.97. The largest absolute Gasteiger partial charge is 0.353 e. The van der Waals surface area contributed by atoms with Crippen LogP contribution in [0.3, 0.4) is 0 Å². The number of nitrogens with one attached hydrogen (secondary N) is 1. The molecule has 0 saturated heterocycles. The van der Waals surface area contributed by atoms with E-state index < -0.39 is 0 Å². The van der Waals surface area contributed by atoms with Gasteiger partial charge in [0.2, 0.25) is 11.1 Å². The van der Waals surface area contributed by atoms with Crippen molar-refractivity contribution in [3.63, 3.8) is 0 Å². The SMILES string of the molecule is CC1CCC(NC(=O)CSc2nnc(-c3ccc(C(C)(C)C)cc3)n2N)CC1. The van der Waals surface area contributed by atoms with Gasteiger partial charge in [-0.15, -0.1) is 10.2 Å². The van der Waals surface area contributed by atoms with E-state index in [0.29, 0.717) is 22.8 Å². The fraction of sp³-hybridized carbons (Fsp3) is 0.571. The number of nitrogens with two attached hydrogens (primary N) is 1. The molecule has 1 amide bonds. The molecule has 6 nitrogen and oxygen atoms in total. The summed E-state index contributed by atoms with van der Waals surface area (Å²) in [5.41, 5.74) is 2.26. The summed E-state index contributed by atoms with van der Waals surface area (Å²) in [7, 11) is 0. The molecule has 2 aromatic rings. The third kappa shape index (κ3) is 5.07. The van der Waals surface area contributed by atoms with E-state index in [-0.39, 0.29) is 11.3 Å². The smallest absolute Gasteiger partial charge is 0.230 e. The van der Waals surface area contributed by atoms with Crippen LogP contribution in [0.5, 0.6) is 0 Å². The van der Waals surface area contributed by atoms with E-state index in [2.05, 4.69) is 55.3 Å². The lowest BCUT2D eigenvalue weighted by molar-refractivity contribution is -0.119. The lowest BCUT2D eigenvalue weighted by Gasteiger charge is -2.26. The lowest BCUT2D eigenvalue weighted by atomic mass is 9.87. The number of thioether (sulfide) groups is 1. The van der Waals surface area contributed by atoms with Gasteiger partial charge in [-0.1, -0.05) is 63.7 Å². The predicted molar refractivity (Wildman–Crippen MR) is 115 cm³/mol. The van der Waals surface area contributed by atoms with Crippen LogP contribution in [0, 0.1) is 5.92 Å². The molecule has 0 unspecified atom stereocenters. The summed E-state index contributed by atoms with van der Waals surface area (Å²) in [6, 6.07) is 8.51. The maximum absolute atomic E-state index is 12.3. The molecule has 0 spiro atoms. The number of amides is 1. The predicted octanol–water partition coefficient (Wildman–Crippen LogP) is 3.74. The fourth-order valence-electron chi connectivity index (χ4n) is 3.50. The van der Waals surface area contributed by atoms with Crippen LogP contribution >= 0.6 is 11.8 Å². The molecular weight excluding hydrogens is 370 g/mol. The van der Waals surface area contributed by atoms with Gasteiger partial charge in [0.1, 0.15) is 0 Å². The third-order valence-electron chi connectivity index (χ3n) is 5.39. The molecule has 1 heterocycles. The van der Waals surface area contributed by atoms with Crippen molar-refractivity contribution in [2.24, 2.45) is 5.92 Å². The molecule has 1 saturated carbocycles. The van der Waals surface area contributed by atoms with Crippen molar-refractivity contribution in [3.05, 3.63) is 29.8 Å². The summed E-state index contributed by atoms with van der Waals surface area (Å²) in [6.45, 7) is 8.82. The molecule has 0 radical (unpaired) electrons. The minimum atomic E-state index is 0.0311. The van der Waals surface area contributed by atoms with Crippen molar-refractivity contribution in [2.45, 2.75) is 70.0 Å². The lowest BCUT2D eigenvalue weighted by Crippen LogP contribution is -2.38. The molecule has 28 heavy (non-hydrogen) atoms. The second-order valence-corrected chi connectivity index (χ2v) is 9.76. The highest BCUT2D eigenvalue weighted by atomic mass is 32.2. The monoisotopic (exact) mass is 401 g/mol. The first-order valence-corrected chi connectivity index (χ1v) is 11.0. The molecule has 0 atom stereocenters. The van der Waals surface area contributed by atoms with E-state index in [0.717, 1.165) is 24.3 Å². The van der Waals surface area contributed by atoms with Crippen LogP contribution in [0.1, 0.15) is 58.9 Å².